The highest BCUT2D eigenvalue weighted by atomic mass is 32.1. The van der Waals surface area contributed by atoms with E-state index in [1.54, 1.807) is 7.11 Å². The average molecular weight is 669 g/mol. The van der Waals surface area contributed by atoms with E-state index in [-0.39, 0.29) is 0 Å². The number of para-hydroxylation sites is 2. The zero-order valence-corrected chi connectivity index (χ0v) is 29.7. The molecule has 1 aromatic heterocycles. The van der Waals surface area contributed by atoms with Gasteiger partial charge in [0, 0.05) is 49.8 Å². The number of aryl methyl sites for hydroxylation is 1. The van der Waals surface area contributed by atoms with Crippen LogP contribution < -0.4 is 9.47 Å². The zero-order valence-electron chi connectivity index (χ0n) is 28.9. The van der Waals surface area contributed by atoms with Gasteiger partial charge in [-0.1, -0.05) is 79.8 Å². The summed E-state index contributed by atoms with van der Waals surface area (Å²) >= 11 is 1.82. The normalized spacial score (nSPS) is 14.1. The average Bonchev–Trinajstić information content (AvgIpc) is 3.44. The minimum atomic E-state index is 0.552. The van der Waals surface area contributed by atoms with Crippen molar-refractivity contribution in [3.8, 4) is 0 Å². The van der Waals surface area contributed by atoms with Gasteiger partial charge in [-0.25, -0.2) is 0 Å². The van der Waals surface area contributed by atoms with Crippen LogP contribution in [0.3, 0.4) is 0 Å². The third kappa shape index (κ3) is 9.72. The molecule has 48 heavy (non-hydrogen) atoms. The summed E-state index contributed by atoms with van der Waals surface area (Å²) in [6, 6.07) is 26.3. The minimum Gasteiger partial charge on any atom is -0.382 e. The Bertz CT molecular complexity index is 1670. The number of hydrogen-bond acceptors (Lipinski definition) is 7. The van der Waals surface area contributed by atoms with Crippen LogP contribution in [0.5, 0.6) is 0 Å². The highest BCUT2D eigenvalue weighted by molar-refractivity contribution is 7.18. The van der Waals surface area contributed by atoms with Gasteiger partial charge in [-0.3, -0.25) is 4.90 Å². The Morgan fingerprint density at radius 1 is 0.812 bits per heavy atom. The van der Waals surface area contributed by atoms with E-state index in [2.05, 4.69) is 132 Å². The van der Waals surface area contributed by atoms with E-state index in [9.17, 15) is 0 Å². The first-order valence-electron chi connectivity index (χ1n) is 17.0. The predicted octanol–water partition coefficient (Wildman–Crippen LogP) is 7.22. The summed E-state index contributed by atoms with van der Waals surface area (Å²) in [5, 5.41) is 1.21. The molecule has 0 radical (unpaired) electrons. The van der Waals surface area contributed by atoms with Crippen molar-refractivity contribution in [3.05, 3.63) is 113 Å². The second kappa shape index (κ2) is 18.8. The Balaban J connectivity index is 1.32. The molecule has 254 valence electrons. The number of ether oxygens (including phenoxy) is 4. The molecule has 0 aliphatic carbocycles. The number of methoxy groups -OCH3 is 1. The Morgan fingerprint density at radius 2 is 1.48 bits per heavy atom. The first kappa shape index (κ1) is 35.7. The number of thiazole rings is 1. The van der Waals surface area contributed by atoms with E-state index in [0.717, 1.165) is 26.2 Å². The van der Waals surface area contributed by atoms with Gasteiger partial charge in [-0.05, 0) is 59.6 Å². The molecule has 0 bridgehead atoms. The van der Waals surface area contributed by atoms with E-state index < -0.39 is 0 Å². The van der Waals surface area contributed by atoms with Gasteiger partial charge in [0.25, 0.3) is 5.01 Å². The molecule has 4 aromatic rings. The molecule has 2 heterocycles. The molecule has 0 atom stereocenters. The number of nitrogens with zero attached hydrogens (tertiary/aromatic N) is 3. The number of hydrogen-bond donors (Lipinski definition) is 0. The lowest BCUT2D eigenvalue weighted by Gasteiger charge is -2.28. The number of benzene rings is 3. The lowest BCUT2D eigenvalue weighted by molar-refractivity contribution is -0.642. The molecule has 1 aliphatic heterocycles. The van der Waals surface area contributed by atoms with E-state index in [1.165, 1.54) is 48.7 Å². The van der Waals surface area contributed by atoms with Gasteiger partial charge >= 0.3 is 0 Å². The summed E-state index contributed by atoms with van der Waals surface area (Å²) in [5.41, 5.74) is 8.54. The highest BCUT2D eigenvalue weighted by Crippen LogP contribution is 2.35. The van der Waals surface area contributed by atoms with Crippen molar-refractivity contribution >= 4 is 44.5 Å². The monoisotopic (exact) mass is 668 g/mol. The molecule has 0 N–H and O–H groups in total. The van der Waals surface area contributed by atoms with Crippen molar-refractivity contribution in [2.45, 2.75) is 20.4 Å². The third-order valence-corrected chi connectivity index (χ3v) is 9.73. The maximum Gasteiger partial charge on any atom is 0.263 e. The van der Waals surface area contributed by atoms with Crippen LogP contribution in [-0.2, 0) is 32.5 Å². The fraction of sp³-hybridized carbons (Fsp3) is 0.375. The summed E-state index contributed by atoms with van der Waals surface area (Å²) in [7, 11) is 3.82. The molecule has 3 aromatic carbocycles. The van der Waals surface area contributed by atoms with Gasteiger partial charge < -0.3 is 23.8 Å². The van der Waals surface area contributed by atoms with E-state index in [1.807, 2.05) is 11.3 Å². The Kier molecular flexibility index (Phi) is 14.0. The SMILES string of the molecule is CCN(CC)Cc1ccc(C(=C\c2sc3ccccc3[n+]2C)/C=C2\C=CN(CCOCCOCCOCCOC)c3ccccc32)cc1. The number of fused-ring (bicyclic) bond motifs is 2. The van der Waals surface area contributed by atoms with Crippen LogP contribution >= 0.6 is 11.3 Å². The zero-order chi connectivity index (χ0) is 33.6. The topological polar surface area (TPSA) is 47.3 Å². The van der Waals surface area contributed by atoms with Crippen LogP contribution in [0.25, 0.3) is 27.4 Å². The van der Waals surface area contributed by atoms with Crippen LogP contribution in [0, 0.1) is 0 Å². The van der Waals surface area contributed by atoms with Crippen LogP contribution in [0.4, 0.5) is 5.69 Å². The summed E-state index contributed by atoms with van der Waals surface area (Å²) < 4.78 is 25.5. The van der Waals surface area contributed by atoms with Gasteiger partial charge in [0.15, 0.2) is 0 Å². The number of rotatable bonds is 19. The molecule has 1 aliphatic rings. The van der Waals surface area contributed by atoms with Gasteiger partial charge in [0.1, 0.15) is 11.7 Å². The van der Waals surface area contributed by atoms with Crippen molar-refractivity contribution in [3.63, 3.8) is 0 Å². The Labute approximate surface area is 290 Å². The molecule has 0 saturated carbocycles. The molecule has 0 spiro atoms. The molecule has 5 rings (SSSR count). The van der Waals surface area contributed by atoms with Gasteiger partial charge in [0.2, 0.25) is 5.52 Å². The summed E-state index contributed by atoms with van der Waals surface area (Å²) in [5.74, 6) is 0. The van der Waals surface area contributed by atoms with Crippen LogP contribution in [0.15, 0.2) is 91.1 Å². The standard InChI is InChI=1S/C40H50N3O4S/c1-5-42(6-2)31-32-15-17-33(18-16-32)35(30-40-41(3)38-13-9-10-14-39(38)48-40)29-34-19-20-43(37-12-8-7-11-36(34)37)21-22-45-25-26-47-28-27-46-24-23-44-4/h7-20,29-30H,5-6,21-28,31H2,1-4H3/q+1. The van der Waals surface area contributed by atoms with Crippen LogP contribution in [0.1, 0.15) is 35.5 Å². The molecule has 0 saturated heterocycles. The maximum atomic E-state index is 5.91. The minimum absolute atomic E-state index is 0.552. The number of aromatic nitrogens is 1. The van der Waals surface area contributed by atoms with Gasteiger partial charge in [0.05, 0.1) is 46.2 Å². The quantitative estimate of drug-likeness (QED) is 0.0777. The second-order valence-corrected chi connectivity index (χ2v) is 12.7. The van der Waals surface area contributed by atoms with E-state index >= 15 is 0 Å². The van der Waals surface area contributed by atoms with Gasteiger partial charge in [-0.15, -0.1) is 0 Å². The van der Waals surface area contributed by atoms with Crippen molar-refractivity contribution < 1.29 is 23.5 Å². The lowest BCUT2D eigenvalue weighted by atomic mass is 9.95. The molecule has 0 fully saturated rings. The second-order valence-electron chi connectivity index (χ2n) is 11.7. The largest absolute Gasteiger partial charge is 0.382 e. The first-order valence-corrected chi connectivity index (χ1v) is 17.8. The van der Waals surface area contributed by atoms with Gasteiger partial charge in [-0.2, -0.15) is 4.57 Å². The summed E-state index contributed by atoms with van der Waals surface area (Å²) in [6.45, 7) is 12.3. The van der Waals surface area contributed by atoms with E-state index in [0.29, 0.717) is 46.2 Å². The molecule has 0 amide bonds. The number of allylic oxidation sites excluding steroid dienone is 4. The fourth-order valence-electron chi connectivity index (χ4n) is 5.74. The molecule has 7 nitrogen and oxygen atoms in total. The Morgan fingerprint density at radius 3 is 2.19 bits per heavy atom. The summed E-state index contributed by atoms with van der Waals surface area (Å²) in [6.07, 6.45) is 9.07. The Hall–Kier alpha value is -3.63. The predicted molar refractivity (Wildman–Crippen MR) is 199 cm³/mol. The van der Waals surface area contributed by atoms with Crippen molar-refractivity contribution in [1.29, 1.82) is 0 Å². The lowest BCUT2D eigenvalue weighted by Crippen LogP contribution is -2.28. The van der Waals surface area contributed by atoms with Crippen LogP contribution in [0.2, 0.25) is 0 Å². The fourth-order valence-corrected chi connectivity index (χ4v) is 6.84. The molecular formula is C40H50N3O4S+. The summed E-state index contributed by atoms with van der Waals surface area (Å²) in [4.78, 5) is 4.72. The smallest absolute Gasteiger partial charge is 0.263 e. The molecular weight excluding hydrogens is 619 g/mol. The maximum absolute atomic E-state index is 5.91. The van der Waals surface area contributed by atoms with Crippen molar-refractivity contribution in [1.82, 2.24) is 4.90 Å². The van der Waals surface area contributed by atoms with E-state index in [4.69, 9.17) is 18.9 Å². The van der Waals surface area contributed by atoms with Crippen molar-refractivity contribution in [2.24, 2.45) is 7.05 Å². The first-order chi connectivity index (χ1) is 23.6. The molecule has 0 unspecified atom stereocenters. The third-order valence-electron chi connectivity index (χ3n) is 8.56. The van der Waals surface area contributed by atoms with Crippen LogP contribution in [-0.4, -0.2) is 77.9 Å². The molecule has 8 heteroatoms. The highest BCUT2D eigenvalue weighted by Gasteiger charge is 2.19. The van der Waals surface area contributed by atoms with Crippen molar-refractivity contribution in [2.75, 3.05) is 77.9 Å². The number of anilines is 1.